The van der Waals surface area contributed by atoms with E-state index in [2.05, 4.69) is 4.98 Å². The lowest BCUT2D eigenvalue weighted by Gasteiger charge is -2.31. The predicted octanol–water partition coefficient (Wildman–Crippen LogP) is 2.07. The number of alkyl halides is 1. The molecule has 2 rings (SSSR count). The van der Waals surface area contributed by atoms with Crippen molar-refractivity contribution in [2.24, 2.45) is 5.92 Å². The zero-order valence-corrected chi connectivity index (χ0v) is 10.0. The van der Waals surface area contributed by atoms with Crippen LogP contribution in [0.25, 0.3) is 0 Å². The lowest BCUT2D eigenvalue weighted by atomic mass is 10.00. The average Bonchev–Trinajstić information content (AvgIpc) is 2.74. The maximum atomic E-state index is 12.1. The monoisotopic (exact) mass is 242 g/mol. The highest BCUT2D eigenvalue weighted by atomic mass is 35.5. The van der Waals surface area contributed by atoms with E-state index in [-0.39, 0.29) is 5.91 Å². The highest BCUT2D eigenvalue weighted by Gasteiger charge is 2.26. The molecule has 16 heavy (non-hydrogen) atoms. The number of aryl methyl sites for hydroxylation is 1. The molecule has 5 heteroatoms. The molecule has 4 nitrogen and oxygen atoms in total. The number of amides is 1. The minimum atomic E-state index is -0.0650. The molecule has 1 aromatic rings. The molecular weight excluding hydrogens is 228 g/mol. The number of aromatic nitrogens is 1. The summed E-state index contributed by atoms with van der Waals surface area (Å²) < 4.78 is 5.11. The summed E-state index contributed by atoms with van der Waals surface area (Å²) in [4.78, 5) is 17.8. The molecule has 1 atom stereocenters. The van der Waals surface area contributed by atoms with Gasteiger partial charge < -0.3 is 9.32 Å². The molecule has 0 aromatic carbocycles. The summed E-state index contributed by atoms with van der Waals surface area (Å²) in [5, 5.41) is 0. The Morgan fingerprint density at radius 2 is 2.56 bits per heavy atom. The van der Waals surface area contributed by atoms with Gasteiger partial charge in [-0.2, -0.15) is 0 Å². The standard InChI is InChI=1S/C11H15ClN2O2/c1-8-10(16-7-13-8)11(15)14-4-2-3-9(5-12)6-14/h7,9H,2-6H2,1H3. The van der Waals surface area contributed by atoms with E-state index in [9.17, 15) is 4.79 Å². The molecule has 1 saturated heterocycles. The highest BCUT2D eigenvalue weighted by molar-refractivity contribution is 6.18. The molecule has 1 unspecified atom stereocenters. The third-order valence-corrected chi connectivity index (χ3v) is 3.40. The Kier molecular flexibility index (Phi) is 3.49. The van der Waals surface area contributed by atoms with E-state index in [4.69, 9.17) is 16.0 Å². The molecule has 1 fully saturated rings. The van der Waals surface area contributed by atoms with E-state index in [0.29, 0.717) is 23.3 Å². The fourth-order valence-electron chi connectivity index (χ4n) is 2.03. The molecule has 1 aliphatic heterocycles. The normalized spacial score (nSPS) is 21.1. The number of hydrogen-bond acceptors (Lipinski definition) is 3. The zero-order valence-electron chi connectivity index (χ0n) is 9.28. The average molecular weight is 243 g/mol. The fraction of sp³-hybridized carbons (Fsp3) is 0.636. The first kappa shape index (κ1) is 11.5. The number of piperidine rings is 1. The van der Waals surface area contributed by atoms with E-state index < -0.39 is 0 Å². The molecule has 0 saturated carbocycles. The Labute approximate surface area is 99.6 Å². The summed E-state index contributed by atoms with van der Waals surface area (Å²) in [6.07, 6.45) is 3.42. The molecule has 1 amide bonds. The van der Waals surface area contributed by atoms with Gasteiger partial charge in [-0.1, -0.05) is 0 Å². The van der Waals surface area contributed by atoms with Crippen LogP contribution in [0.15, 0.2) is 10.8 Å². The van der Waals surface area contributed by atoms with Crippen molar-refractivity contribution < 1.29 is 9.21 Å². The Hall–Kier alpha value is -1.03. The summed E-state index contributed by atoms with van der Waals surface area (Å²) in [5.41, 5.74) is 0.651. The first-order valence-electron chi connectivity index (χ1n) is 5.47. The molecule has 0 aliphatic carbocycles. The quantitative estimate of drug-likeness (QED) is 0.746. The van der Waals surface area contributed by atoms with E-state index in [0.717, 1.165) is 25.9 Å². The summed E-state index contributed by atoms with van der Waals surface area (Å²) >= 11 is 5.83. The van der Waals surface area contributed by atoms with Gasteiger partial charge in [0.25, 0.3) is 5.91 Å². The first-order chi connectivity index (χ1) is 7.72. The molecule has 88 valence electrons. The van der Waals surface area contributed by atoms with Gasteiger partial charge in [0.2, 0.25) is 5.76 Å². The van der Waals surface area contributed by atoms with E-state index in [1.54, 1.807) is 6.92 Å². The second-order valence-corrected chi connectivity index (χ2v) is 4.49. The molecule has 2 heterocycles. The highest BCUT2D eigenvalue weighted by Crippen LogP contribution is 2.20. The minimum absolute atomic E-state index is 0.0650. The molecule has 1 aromatic heterocycles. The van der Waals surface area contributed by atoms with Crippen LogP contribution >= 0.6 is 11.6 Å². The van der Waals surface area contributed by atoms with E-state index >= 15 is 0 Å². The number of halogens is 1. The van der Waals surface area contributed by atoms with Crippen LogP contribution in [0.5, 0.6) is 0 Å². The lowest BCUT2D eigenvalue weighted by Crippen LogP contribution is -2.40. The van der Waals surface area contributed by atoms with E-state index in [1.807, 2.05) is 4.90 Å². The number of nitrogens with zero attached hydrogens (tertiary/aromatic N) is 2. The van der Waals surface area contributed by atoms with E-state index in [1.165, 1.54) is 6.39 Å². The Balaban J connectivity index is 2.07. The molecule has 0 radical (unpaired) electrons. The largest absolute Gasteiger partial charge is 0.438 e. The smallest absolute Gasteiger partial charge is 0.291 e. The second kappa shape index (κ2) is 4.87. The van der Waals surface area contributed by atoms with Crippen LogP contribution in [0.4, 0.5) is 0 Å². The van der Waals surface area contributed by atoms with Crippen molar-refractivity contribution in [1.82, 2.24) is 9.88 Å². The number of carbonyl (C=O) groups is 1. The number of carbonyl (C=O) groups excluding carboxylic acids is 1. The lowest BCUT2D eigenvalue weighted by molar-refractivity contribution is 0.0651. The van der Waals surface area contributed by atoms with Crippen LogP contribution in [0, 0.1) is 12.8 Å². The van der Waals surface area contributed by atoms with Crippen molar-refractivity contribution in [3.63, 3.8) is 0 Å². The summed E-state index contributed by atoms with van der Waals surface area (Å²) in [5.74, 6) is 1.31. The number of rotatable bonds is 2. The number of oxazole rings is 1. The van der Waals surface area contributed by atoms with Crippen LogP contribution in [0.3, 0.4) is 0 Å². The van der Waals surface area contributed by atoms with Gasteiger partial charge in [0.05, 0.1) is 5.69 Å². The van der Waals surface area contributed by atoms with Gasteiger partial charge in [0.1, 0.15) is 0 Å². The Morgan fingerprint density at radius 1 is 1.75 bits per heavy atom. The molecule has 1 aliphatic rings. The van der Waals surface area contributed by atoms with Crippen LogP contribution in [-0.4, -0.2) is 34.8 Å². The van der Waals surface area contributed by atoms with Gasteiger partial charge in [0.15, 0.2) is 6.39 Å². The van der Waals surface area contributed by atoms with Crippen LogP contribution in [-0.2, 0) is 0 Å². The van der Waals surface area contributed by atoms with Gasteiger partial charge in [-0.15, -0.1) is 11.6 Å². The molecule has 0 N–H and O–H groups in total. The minimum Gasteiger partial charge on any atom is -0.438 e. The molecule has 0 spiro atoms. The van der Waals surface area contributed by atoms with Gasteiger partial charge in [-0.3, -0.25) is 4.79 Å². The van der Waals surface area contributed by atoms with Crippen molar-refractivity contribution in [3.05, 3.63) is 17.8 Å². The Bertz CT molecular complexity index is 378. The third kappa shape index (κ3) is 2.21. The second-order valence-electron chi connectivity index (χ2n) is 4.18. The van der Waals surface area contributed by atoms with Crippen molar-refractivity contribution in [3.8, 4) is 0 Å². The topological polar surface area (TPSA) is 46.3 Å². The number of likely N-dealkylation sites (tertiary alicyclic amines) is 1. The van der Waals surface area contributed by atoms with Gasteiger partial charge >= 0.3 is 0 Å². The van der Waals surface area contributed by atoms with Crippen molar-refractivity contribution >= 4 is 17.5 Å². The van der Waals surface area contributed by atoms with Crippen LogP contribution < -0.4 is 0 Å². The molecular formula is C11H15ClN2O2. The third-order valence-electron chi connectivity index (χ3n) is 2.96. The first-order valence-corrected chi connectivity index (χ1v) is 6.01. The number of hydrogen-bond donors (Lipinski definition) is 0. The summed E-state index contributed by atoms with van der Waals surface area (Å²) in [6.45, 7) is 3.29. The van der Waals surface area contributed by atoms with Crippen LogP contribution in [0.2, 0.25) is 0 Å². The van der Waals surface area contributed by atoms with Gasteiger partial charge in [0, 0.05) is 19.0 Å². The van der Waals surface area contributed by atoms with Crippen molar-refractivity contribution in [2.75, 3.05) is 19.0 Å². The zero-order chi connectivity index (χ0) is 11.5. The summed E-state index contributed by atoms with van der Waals surface area (Å²) in [6, 6.07) is 0. The SMILES string of the molecule is Cc1ncoc1C(=O)N1CCCC(CCl)C1. The van der Waals surface area contributed by atoms with Crippen molar-refractivity contribution in [1.29, 1.82) is 0 Å². The van der Waals surface area contributed by atoms with Crippen LogP contribution in [0.1, 0.15) is 29.1 Å². The Morgan fingerprint density at radius 3 is 3.19 bits per heavy atom. The maximum absolute atomic E-state index is 12.1. The maximum Gasteiger partial charge on any atom is 0.291 e. The predicted molar refractivity (Wildman–Crippen MR) is 60.6 cm³/mol. The van der Waals surface area contributed by atoms with Crippen molar-refractivity contribution in [2.45, 2.75) is 19.8 Å². The van der Waals surface area contributed by atoms with Gasteiger partial charge in [-0.05, 0) is 25.7 Å². The summed E-state index contributed by atoms with van der Waals surface area (Å²) in [7, 11) is 0. The fourth-order valence-corrected chi connectivity index (χ4v) is 2.28. The molecule has 0 bridgehead atoms. The van der Waals surface area contributed by atoms with Gasteiger partial charge in [-0.25, -0.2) is 4.98 Å².